The lowest BCUT2D eigenvalue weighted by molar-refractivity contribution is -0.939. The molecule has 0 bridgehead atoms. The molecular formula is C23H30NO3+. The number of hydrogen-bond acceptors (Lipinski definition) is 3. The molecule has 1 saturated heterocycles. The third kappa shape index (κ3) is 3.64. The number of quaternary nitrogens is 1. The number of likely N-dealkylation sites (N-methyl/N-ethyl adjacent to an activating group) is 1. The predicted octanol–water partition coefficient (Wildman–Crippen LogP) is 3.48. The topological polar surface area (TPSA) is 46.5 Å². The van der Waals surface area contributed by atoms with Crippen LogP contribution in [0.1, 0.15) is 37.8 Å². The first-order valence-corrected chi connectivity index (χ1v) is 9.74. The van der Waals surface area contributed by atoms with Crippen molar-refractivity contribution >= 4 is 5.97 Å². The van der Waals surface area contributed by atoms with Crippen LogP contribution in [-0.2, 0) is 15.1 Å². The Labute approximate surface area is 162 Å². The van der Waals surface area contributed by atoms with Gasteiger partial charge in [0.25, 0.3) is 0 Å². The number of ether oxygens (including phenoxy) is 1. The molecule has 2 unspecified atom stereocenters. The summed E-state index contributed by atoms with van der Waals surface area (Å²) in [5.41, 5.74) is -0.766. The average molecular weight is 368 g/mol. The second-order valence-electron chi connectivity index (χ2n) is 7.92. The minimum absolute atomic E-state index is 0.298. The fourth-order valence-electron chi connectivity index (χ4n) is 4.15. The highest BCUT2D eigenvalue weighted by molar-refractivity contribution is 5.85. The molecule has 1 aliphatic heterocycles. The summed E-state index contributed by atoms with van der Waals surface area (Å²) in [7, 11) is 2.23. The molecule has 1 heterocycles. The zero-order chi connectivity index (χ0) is 19.5. The third-order valence-electron chi connectivity index (χ3n) is 6.50. The van der Waals surface area contributed by atoms with Gasteiger partial charge in [-0.25, -0.2) is 4.79 Å². The summed E-state index contributed by atoms with van der Waals surface area (Å²) >= 11 is 0. The van der Waals surface area contributed by atoms with Crippen molar-refractivity contribution < 1.29 is 19.1 Å². The van der Waals surface area contributed by atoms with Crippen LogP contribution in [0.25, 0.3) is 0 Å². The lowest BCUT2D eigenvalue weighted by Gasteiger charge is -2.39. The Hall–Kier alpha value is -2.17. The maximum atomic E-state index is 13.0. The van der Waals surface area contributed by atoms with Gasteiger partial charge in [0.2, 0.25) is 5.60 Å². The lowest BCUT2D eigenvalue weighted by atomic mass is 9.86. The van der Waals surface area contributed by atoms with Crippen LogP contribution in [-0.4, -0.2) is 47.8 Å². The highest BCUT2D eigenvalue weighted by Gasteiger charge is 2.43. The van der Waals surface area contributed by atoms with Crippen molar-refractivity contribution in [1.82, 2.24) is 0 Å². The summed E-state index contributed by atoms with van der Waals surface area (Å²) in [6.45, 7) is 5.57. The molecule has 0 aromatic heterocycles. The smallest absolute Gasteiger partial charge is 0.347 e. The van der Waals surface area contributed by atoms with E-state index in [4.69, 9.17) is 4.74 Å². The quantitative estimate of drug-likeness (QED) is 0.627. The number of rotatable bonds is 6. The van der Waals surface area contributed by atoms with Crippen LogP contribution in [0.4, 0.5) is 0 Å². The van der Waals surface area contributed by atoms with Crippen LogP contribution in [0.5, 0.6) is 0 Å². The Morgan fingerprint density at radius 3 is 1.89 bits per heavy atom. The van der Waals surface area contributed by atoms with Crippen molar-refractivity contribution in [3.63, 3.8) is 0 Å². The highest BCUT2D eigenvalue weighted by Crippen LogP contribution is 2.32. The molecular weight excluding hydrogens is 338 g/mol. The van der Waals surface area contributed by atoms with Crippen molar-refractivity contribution in [3.05, 3.63) is 71.8 Å². The molecule has 1 aliphatic rings. The normalized spacial score (nSPS) is 25.3. The van der Waals surface area contributed by atoms with E-state index in [2.05, 4.69) is 20.9 Å². The molecule has 2 aromatic carbocycles. The Morgan fingerprint density at radius 2 is 1.44 bits per heavy atom. The Kier molecular flexibility index (Phi) is 5.68. The number of benzene rings is 2. The van der Waals surface area contributed by atoms with Gasteiger partial charge in [-0.05, 0) is 25.0 Å². The van der Waals surface area contributed by atoms with Gasteiger partial charge >= 0.3 is 5.97 Å². The van der Waals surface area contributed by atoms with Gasteiger partial charge in [0.1, 0.15) is 13.2 Å². The van der Waals surface area contributed by atoms with Crippen molar-refractivity contribution in [1.29, 1.82) is 0 Å². The van der Waals surface area contributed by atoms with Crippen molar-refractivity contribution in [2.24, 2.45) is 0 Å². The fraction of sp³-hybridized carbons (Fsp3) is 0.435. The van der Waals surface area contributed by atoms with E-state index in [9.17, 15) is 9.90 Å². The number of esters is 1. The molecule has 0 saturated carbocycles. The summed E-state index contributed by atoms with van der Waals surface area (Å²) in [4.78, 5) is 13.0. The number of hydrogen-bond donors (Lipinski definition) is 1. The SMILES string of the molecule is CC1CCC(C)[N+]1(C)CCOC(=O)C(O)(c1ccccc1)c1ccccc1. The molecule has 2 atom stereocenters. The molecule has 4 heteroatoms. The molecule has 0 amide bonds. The van der Waals surface area contributed by atoms with E-state index >= 15 is 0 Å². The molecule has 144 valence electrons. The van der Waals surface area contributed by atoms with Crippen molar-refractivity contribution in [2.45, 2.75) is 44.4 Å². The molecule has 0 radical (unpaired) electrons. The van der Waals surface area contributed by atoms with Crippen molar-refractivity contribution in [2.75, 3.05) is 20.2 Å². The minimum Gasteiger partial charge on any atom is -0.457 e. The third-order valence-corrected chi connectivity index (χ3v) is 6.50. The van der Waals surface area contributed by atoms with Gasteiger partial charge in [0, 0.05) is 12.8 Å². The Balaban J connectivity index is 1.79. The van der Waals surface area contributed by atoms with Crippen LogP contribution in [0.15, 0.2) is 60.7 Å². The van der Waals surface area contributed by atoms with Gasteiger partial charge in [-0.15, -0.1) is 0 Å². The van der Waals surface area contributed by atoms with Gasteiger partial charge in [-0.2, -0.15) is 0 Å². The zero-order valence-corrected chi connectivity index (χ0v) is 16.5. The highest BCUT2D eigenvalue weighted by atomic mass is 16.5. The maximum absolute atomic E-state index is 13.0. The van der Waals surface area contributed by atoms with E-state index in [1.54, 1.807) is 24.3 Å². The predicted molar refractivity (Wildman–Crippen MR) is 106 cm³/mol. The molecule has 0 aliphatic carbocycles. The second-order valence-corrected chi connectivity index (χ2v) is 7.92. The van der Waals surface area contributed by atoms with Gasteiger partial charge in [-0.1, -0.05) is 60.7 Å². The maximum Gasteiger partial charge on any atom is 0.347 e. The number of aliphatic hydroxyl groups is 1. The summed E-state index contributed by atoms with van der Waals surface area (Å²) in [5.74, 6) is -0.619. The number of nitrogens with zero attached hydrogens (tertiary/aromatic N) is 1. The standard InChI is InChI=1S/C23H30NO3/c1-18-14-15-19(2)24(18,3)16-17-27-22(25)23(26,20-10-6-4-7-11-20)21-12-8-5-9-13-21/h4-13,18-19,26H,14-17H2,1-3H3/q+1. The molecule has 1 fully saturated rings. The summed E-state index contributed by atoms with van der Waals surface area (Å²) in [5, 5.41) is 11.4. The monoisotopic (exact) mass is 368 g/mol. The van der Waals surface area contributed by atoms with Crippen LogP contribution in [0.2, 0.25) is 0 Å². The summed E-state index contributed by atoms with van der Waals surface area (Å²) in [6, 6.07) is 19.1. The van der Waals surface area contributed by atoms with Gasteiger partial charge in [0.05, 0.1) is 19.1 Å². The zero-order valence-electron chi connectivity index (χ0n) is 16.5. The van der Waals surface area contributed by atoms with E-state index in [1.165, 1.54) is 12.8 Å². The molecule has 4 nitrogen and oxygen atoms in total. The number of carbonyl (C=O) groups is 1. The van der Waals surface area contributed by atoms with Crippen molar-refractivity contribution in [3.8, 4) is 0 Å². The van der Waals surface area contributed by atoms with Gasteiger partial charge in [-0.3, -0.25) is 0 Å². The first-order chi connectivity index (χ1) is 12.9. The van der Waals surface area contributed by atoms with Crippen LogP contribution in [0, 0.1) is 0 Å². The largest absolute Gasteiger partial charge is 0.457 e. The first-order valence-electron chi connectivity index (χ1n) is 9.74. The summed E-state index contributed by atoms with van der Waals surface area (Å²) < 4.78 is 6.54. The Bertz CT molecular complexity index is 710. The van der Waals surface area contributed by atoms with E-state index < -0.39 is 11.6 Å². The van der Waals surface area contributed by atoms with Gasteiger partial charge in [0.15, 0.2) is 0 Å². The van der Waals surface area contributed by atoms with E-state index in [1.807, 2.05) is 36.4 Å². The fourth-order valence-corrected chi connectivity index (χ4v) is 4.15. The first kappa shape index (κ1) is 19.6. The minimum atomic E-state index is -1.80. The number of carbonyl (C=O) groups excluding carboxylic acids is 1. The molecule has 3 rings (SSSR count). The van der Waals surface area contributed by atoms with E-state index in [0.717, 1.165) is 11.0 Å². The Morgan fingerprint density at radius 1 is 1.00 bits per heavy atom. The summed E-state index contributed by atoms with van der Waals surface area (Å²) in [6.07, 6.45) is 2.40. The number of likely N-dealkylation sites (tertiary alicyclic amines) is 1. The molecule has 27 heavy (non-hydrogen) atoms. The van der Waals surface area contributed by atoms with Crippen LogP contribution in [0.3, 0.4) is 0 Å². The second kappa shape index (κ2) is 7.83. The average Bonchev–Trinajstić information content (AvgIpc) is 2.96. The van der Waals surface area contributed by atoms with Crippen LogP contribution < -0.4 is 0 Å². The molecule has 1 N–H and O–H groups in total. The van der Waals surface area contributed by atoms with Gasteiger partial charge < -0.3 is 14.3 Å². The molecule has 2 aromatic rings. The van der Waals surface area contributed by atoms with E-state index in [0.29, 0.717) is 29.8 Å². The lowest BCUT2D eigenvalue weighted by Crippen LogP contribution is -2.53. The van der Waals surface area contributed by atoms with Crippen LogP contribution >= 0.6 is 0 Å². The van der Waals surface area contributed by atoms with E-state index in [-0.39, 0.29) is 0 Å². The molecule has 0 spiro atoms.